The van der Waals surface area contributed by atoms with E-state index in [2.05, 4.69) is 0 Å². The maximum absolute atomic E-state index is 13.7. The molecule has 2 N–H and O–H groups in total. The van der Waals surface area contributed by atoms with Gasteiger partial charge in [0.15, 0.2) is 0 Å². The number of halogens is 1. The first-order chi connectivity index (χ1) is 8.16. The summed E-state index contributed by atoms with van der Waals surface area (Å²) >= 11 is 0. The van der Waals surface area contributed by atoms with Crippen molar-refractivity contribution in [1.82, 2.24) is 4.72 Å². The smallest absolute Gasteiger partial charge is 0.318 e. The first kappa shape index (κ1) is 14.6. The largest absolute Gasteiger partial charge is 0.480 e. The van der Waals surface area contributed by atoms with Gasteiger partial charge in [0, 0.05) is 5.56 Å². The highest BCUT2D eigenvalue weighted by Gasteiger charge is 2.23. The Kier molecular flexibility index (Phi) is 4.08. The first-order valence-electron chi connectivity index (χ1n) is 5.14. The molecule has 7 heteroatoms. The summed E-state index contributed by atoms with van der Waals surface area (Å²) in [5.41, 5.74) is 0.719. The third-order valence-electron chi connectivity index (χ3n) is 2.49. The first-order valence-corrected chi connectivity index (χ1v) is 6.63. The van der Waals surface area contributed by atoms with Gasteiger partial charge in [0.1, 0.15) is 12.4 Å². The Morgan fingerprint density at radius 3 is 2.39 bits per heavy atom. The number of rotatable bonds is 4. The number of carboxylic acid groups (broad SMARTS) is 1. The van der Waals surface area contributed by atoms with E-state index < -0.39 is 28.4 Å². The van der Waals surface area contributed by atoms with Crippen molar-refractivity contribution < 1.29 is 22.7 Å². The second-order valence-electron chi connectivity index (χ2n) is 4.00. The number of aryl methyl sites for hydroxylation is 2. The van der Waals surface area contributed by atoms with Crippen LogP contribution in [0.25, 0.3) is 0 Å². The van der Waals surface area contributed by atoms with E-state index >= 15 is 0 Å². The molecule has 100 valence electrons. The summed E-state index contributed by atoms with van der Waals surface area (Å²) in [4.78, 5) is 10.2. The third kappa shape index (κ3) is 2.85. The fourth-order valence-corrected chi connectivity index (χ4v) is 3.22. The molecule has 1 rings (SSSR count). The SMILES string of the molecule is Cc1cc(C)c(S(=O)(=O)NCC(=O)O)c(C)c1F. The van der Waals surface area contributed by atoms with E-state index in [-0.39, 0.29) is 10.5 Å². The second kappa shape index (κ2) is 5.03. The summed E-state index contributed by atoms with van der Waals surface area (Å²) in [6.45, 7) is 3.69. The van der Waals surface area contributed by atoms with Crippen molar-refractivity contribution in [3.8, 4) is 0 Å². The minimum absolute atomic E-state index is 0.00890. The van der Waals surface area contributed by atoms with Gasteiger partial charge in [0.25, 0.3) is 0 Å². The predicted molar refractivity (Wildman–Crippen MR) is 63.4 cm³/mol. The highest BCUT2D eigenvalue weighted by Crippen LogP contribution is 2.24. The number of hydrogen-bond donors (Lipinski definition) is 2. The maximum Gasteiger partial charge on any atom is 0.318 e. The molecule has 0 atom stereocenters. The minimum Gasteiger partial charge on any atom is -0.480 e. The van der Waals surface area contributed by atoms with Gasteiger partial charge < -0.3 is 5.11 Å². The zero-order valence-electron chi connectivity index (χ0n) is 10.2. The molecule has 0 fully saturated rings. The molecule has 0 saturated carbocycles. The molecule has 0 saturated heterocycles. The van der Waals surface area contributed by atoms with Gasteiger partial charge in [-0.3, -0.25) is 4.79 Å². The molecule has 1 aromatic rings. The number of nitrogens with one attached hydrogen (secondary N) is 1. The van der Waals surface area contributed by atoms with Crippen LogP contribution in [0.4, 0.5) is 4.39 Å². The lowest BCUT2D eigenvalue weighted by molar-refractivity contribution is -0.135. The number of sulfonamides is 1. The van der Waals surface area contributed by atoms with E-state index in [9.17, 15) is 17.6 Å². The lowest BCUT2D eigenvalue weighted by atomic mass is 10.1. The fraction of sp³-hybridized carbons (Fsp3) is 0.364. The zero-order chi connectivity index (χ0) is 14.1. The molecule has 0 heterocycles. The summed E-state index contributed by atoms with van der Waals surface area (Å²) in [6, 6.07) is 1.41. The highest BCUT2D eigenvalue weighted by molar-refractivity contribution is 7.89. The van der Waals surface area contributed by atoms with Crippen LogP contribution in [0.1, 0.15) is 16.7 Å². The van der Waals surface area contributed by atoms with Crippen molar-refractivity contribution in [1.29, 1.82) is 0 Å². The van der Waals surface area contributed by atoms with Crippen LogP contribution < -0.4 is 4.72 Å². The van der Waals surface area contributed by atoms with Crippen molar-refractivity contribution in [3.05, 3.63) is 28.6 Å². The van der Waals surface area contributed by atoms with E-state index in [0.717, 1.165) is 0 Å². The van der Waals surface area contributed by atoms with Crippen molar-refractivity contribution in [2.24, 2.45) is 0 Å². The van der Waals surface area contributed by atoms with Crippen molar-refractivity contribution in [2.45, 2.75) is 25.7 Å². The van der Waals surface area contributed by atoms with E-state index in [1.54, 1.807) is 0 Å². The van der Waals surface area contributed by atoms with Crippen LogP contribution in [-0.2, 0) is 14.8 Å². The molecule has 0 aromatic heterocycles. The lowest BCUT2D eigenvalue weighted by Crippen LogP contribution is -2.30. The maximum atomic E-state index is 13.7. The fourth-order valence-electron chi connectivity index (χ4n) is 1.79. The minimum atomic E-state index is -4.03. The van der Waals surface area contributed by atoms with Crippen LogP contribution >= 0.6 is 0 Å². The average Bonchev–Trinajstić information content (AvgIpc) is 2.23. The van der Waals surface area contributed by atoms with Crippen LogP contribution in [0.15, 0.2) is 11.0 Å². The lowest BCUT2D eigenvalue weighted by Gasteiger charge is -2.13. The summed E-state index contributed by atoms with van der Waals surface area (Å²) in [7, 11) is -4.03. The Morgan fingerprint density at radius 2 is 1.89 bits per heavy atom. The number of carbonyl (C=O) groups is 1. The van der Waals surface area contributed by atoms with Crippen molar-refractivity contribution in [2.75, 3.05) is 6.54 Å². The van der Waals surface area contributed by atoms with Gasteiger partial charge in [-0.25, -0.2) is 12.8 Å². The molecule has 18 heavy (non-hydrogen) atoms. The van der Waals surface area contributed by atoms with E-state index in [0.29, 0.717) is 11.1 Å². The monoisotopic (exact) mass is 275 g/mol. The van der Waals surface area contributed by atoms with Crippen LogP contribution in [0.3, 0.4) is 0 Å². The number of benzene rings is 1. The molecule has 0 spiro atoms. The molecule has 0 amide bonds. The molecular formula is C11H14FNO4S. The second-order valence-corrected chi connectivity index (χ2v) is 5.70. The normalized spacial score (nSPS) is 11.6. The standard InChI is InChI=1S/C11H14FNO4S/c1-6-4-7(2)11(8(3)10(6)12)18(16,17)13-5-9(14)15/h4,13H,5H2,1-3H3,(H,14,15). The molecule has 0 aliphatic rings. The van der Waals surface area contributed by atoms with Crippen molar-refractivity contribution >= 4 is 16.0 Å². The molecule has 0 aliphatic carbocycles. The summed E-state index contributed by atoms with van der Waals surface area (Å²) < 4.78 is 39.4. The Labute approximate surface area is 105 Å². The van der Waals surface area contributed by atoms with Gasteiger partial charge in [-0.05, 0) is 31.9 Å². The predicted octanol–water partition coefficient (Wildman–Crippen LogP) is 1.11. The van der Waals surface area contributed by atoms with Crippen LogP contribution in [0, 0.1) is 26.6 Å². The summed E-state index contributed by atoms with van der Waals surface area (Å²) in [6.07, 6.45) is 0. The Bertz CT molecular complexity index is 596. The number of aliphatic carboxylic acids is 1. The van der Waals surface area contributed by atoms with Gasteiger partial charge in [0.2, 0.25) is 10.0 Å². The third-order valence-corrected chi connectivity index (χ3v) is 4.18. The number of carboxylic acids is 1. The topological polar surface area (TPSA) is 83.5 Å². The number of hydrogen-bond acceptors (Lipinski definition) is 3. The van der Waals surface area contributed by atoms with Crippen LogP contribution in [-0.4, -0.2) is 26.0 Å². The van der Waals surface area contributed by atoms with E-state index in [4.69, 9.17) is 5.11 Å². The Balaban J connectivity index is 3.33. The van der Waals surface area contributed by atoms with Gasteiger partial charge in [0.05, 0.1) is 4.90 Å². The van der Waals surface area contributed by atoms with Crippen molar-refractivity contribution in [3.63, 3.8) is 0 Å². The molecule has 0 unspecified atom stereocenters. The molecule has 0 radical (unpaired) electrons. The van der Waals surface area contributed by atoms with E-state index in [1.807, 2.05) is 4.72 Å². The molecule has 0 aliphatic heterocycles. The Hall–Kier alpha value is -1.47. The molecule has 0 bridgehead atoms. The van der Waals surface area contributed by atoms with Crippen LogP contribution in [0.5, 0.6) is 0 Å². The zero-order valence-corrected chi connectivity index (χ0v) is 11.1. The molecule has 1 aromatic carbocycles. The Morgan fingerprint density at radius 1 is 1.33 bits per heavy atom. The average molecular weight is 275 g/mol. The van der Waals surface area contributed by atoms with Gasteiger partial charge in [-0.2, -0.15) is 4.72 Å². The molecular weight excluding hydrogens is 261 g/mol. The quantitative estimate of drug-likeness (QED) is 0.862. The van der Waals surface area contributed by atoms with E-state index in [1.165, 1.54) is 26.8 Å². The van der Waals surface area contributed by atoms with Gasteiger partial charge >= 0.3 is 5.97 Å². The van der Waals surface area contributed by atoms with Crippen LogP contribution in [0.2, 0.25) is 0 Å². The summed E-state index contributed by atoms with van der Waals surface area (Å²) in [5.74, 6) is -1.90. The summed E-state index contributed by atoms with van der Waals surface area (Å²) in [5, 5.41) is 8.46. The highest BCUT2D eigenvalue weighted by atomic mass is 32.2. The van der Waals surface area contributed by atoms with Gasteiger partial charge in [-0.15, -0.1) is 0 Å². The van der Waals surface area contributed by atoms with Gasteiger partial charge in [-0.1, -0.05) is 6.07 Å². The molecule has 5 nitrogen and oxygen atoms in total.